The summed E-state index contributed by atoms with van der Waals surface area (Å²) in [4.78, 5) is 18.0. The van der Waals surface area contributed by atoms with Crippen molar-refractivity contribution < 1.29 is 9.63 Å². The summed E-state index contributed by atoms with van der Waals surface area (Å²) < 4.78 is 0. The fourth-order valence-corrected chi connectivity index (χ4v) is 4.11. The number of hydrogen-bond acceptors (Lipinski definition) is 5. The summed E-state index contributed by atoms with van der Waals surface area (Å²) in [5.74, 6) is 0.390. The molecule has 2 saturated heterocycles. The molecule has 4 rings (SSSR count). The number of benzene rings is 1. The lowest BCUT2D eigenvalue weighted by Crippen LogP contribution is -2.39. The van der Waals surface area contributed by atoms with Gasteiger partial charge in [0.1, 0.15) is 12.4 Å². The van der Waals surface area contributed by atoms with Crippen LogP contribution >= 0.6 is 0 Å². The van der Waals surface area contributed by atoms with Gasteiger partial charge in [0.15, 0.2) is 0 Å². The Morgan fingerprint density at radius 1 is 1.28 bits per heavy atom. The van der Waals surface area contributed by atoms with Gasteiger partial charge in [-0.15, -0.1) is 0 Å². The zero-order valence-corrected chi connectivity index (χ0v) is 14.8. The van der Waals surface area contributed by atoms with E-state index in [1.54, 1.807) is 0 Å². The normalized spacial score (nSPS) is 29.6. The number of rotatable bonds is 4. The van der Waals surface area contributed by atoms with Crippen molar-refractivity contribution in [3.8, 4) is 0 Å². The van der Waals surface area contributed by atoms with E-state index < -0.39 is 0 Å². The Bertz CT molecular complexity index is 630. The molecule has 1 amide bonds. The van der Waals surface area contributed by atoms with Crippen LogP contribution in [0.1, 0.15) is 61.5 Å². The van der Waals surface area contributed by atoms with Gasteiger partial charge in [0.2, 0.25) is 5.91 Å². The SMILES string of the molecule is CCC1NC(c2ccc3c(c2)CC[C@H]3NC(=O)C2CCNCC2)NO1. The van der Waals surface area contributed by atoms with Gasteiger partial charge >= 0.3 is 0 Å². The molecule has 0 aromatic heterocycles. The quantitative estimate of drug-likeness (QED) is 0.668. The van der Waals surface area contributed by atoms with Crippen LogP contribution in [0.5, 0.6) is 0 Å². The fraction of sp³-hybridized carbons (Fsp3) is 0.632. The van der Waals surface area contributed by atoms with E-state index in [0.29, 0.717) is 0 Å². The Morgan fingerprint density at radius 3 is 2.88 bits per heavy atom. The molecule has 2 unspecified atom stereocenters. The van der Waals surface area contributed by atoms with Gasteiger partial charge in [0.05, 0.1) is 6.04 Å². The molecule has 2 heterocycles. The molecule has 0 bridgehead atoms. The van der Waals surface area contributed by atoms with Crippen molar-refractivity contribution in [2.24, 2.45) is 5.92 Å². The molecule has 2 fully saturated rings. The summed E-state index contributed by atoms with van der Waals surface area (Å²) in [6.45, 7) is 4.00. The van der Waals surface area contributed by atoms with Crippen LogP contribution in [-0.2, 0) is 16.1 Å². The van der Waals surface area contributed by atoms with E-state index in [1.165, 1.54) is 16.7 Å². The van der Waals surface area contributed by atoms with Crippen molar-refractivity contribution in [1.82, 2.24) is 21.4 Å². The summed E-state index contributed by atoms with van der Waals surface area (Å²) in [7, 11) is 0. The van der Waals surface area contributed by atoms with Crippen molar-refractivity contribution in [3.05, 3.63) is 34.9 Å². The Hall–Kier alpha value is -1.47. The average Bonchev–Trinajstić information content (AvgIpc) is 3.29. The minimum absolute atomic E-state index is 0.0404. The van der Waals surface area contributed by atoms with Gasteiger partial charge in [0, 0.05) is 5.92 Å². The van der Waals surface area contributed by atoms with Crippen LogP contribution in [0.4, 0.5) is 0 Å². The van der Waals surface area contributed by atoms with Crippen molar-refractivity contribution in [2.45, 2.75) is 57.5 Å². The van der Waals surface area contributed by atoms with Gasteiger partial charge < -0.3 is 10.6 Å². The Labute approximate surface area is 149 Å². The molecule has 25 heavy (non-hydrogen) atoms. The first-order valence-corrected chi connectivity index (χ1v) is 9.55. The zero-order valence-electron chi connectivity index (χ0n) is 14.8. The second-order valence-electron chi connectivity index (χ2n) is 7.31. The van der Waals surface area contributed by atoms with Crippen LogP contribution in [0.2, 0.25) is 0 Å². The Kier molecular flexibility index (Phi) is 5.03. The number of hydrogen-bond donors (Lipinski definition) is 4. The summed E-state index contributed by atoms with van der Waals surface area (Å²) in [5, 5.41) is 10.0. The van der Waals surface area contributed by atoms with Crippen molar-refractivity contribution in [3.63, 3.8) is 0 Å². The fourth-order valence-electron chi connectivity index (χ4n) is 4.11. The van der Waals surface area contributed by atoms with E-state index in [-0.39, 0.29) is 30.3 Å². The molecule has 0 saturated carbocycles. The van der Waals surface area contributed by atoms with Gasteiger partial charge in [-0.1, -0.05) is 25.1 Å². The first kappa shape index (κ1) is 17.0. The van der Waals surface area contributed by atoms with E-state index in [2.05, 4.69) is 46.6 Å². The van der Waals surface area contributed by atoms with Crippen LogP contribution in [0, 0.1) is 5.92 Å². The van der Waals surface area contributed by atoms with Gasteiger partial charge in [-0.2, -0.15) is 5.48 Å². The molecule has 0 spiro atoms. The molecule has 1 aromatic rings. The number of carbonyl (C=O) groups excluding carboxylic acids is 1. The van der Waals surface area contributed by atoms with Crippen LogP contribution < -0.4 is 21.4 Å². The highest BCUT2D eigenvalue weighted by Gasteiger charge is 2.30. The number of piperidine rings is 1. The molecule has 4 N–H and O–H groups in total. The lowest BCUT2D eigenvalue weighted by atomic mass is 9.96. The third kappa shape index (κ3) is 3.58. The van der Waals surface area contributed by atoms with E-state index in [4.69, 9.17) is 4.84 Å². The first-order chi connectivity index (χ1) is 12.2. The molecule has 3 aliphatic rings. The second kappa shape index (κ2) is 7.41. The van der Waals surface area contributed by atoms with Gasteiger partial charge in [0.25, 0.3) is 0 Å². The van der Waals surface area contributed by atoms with E-state index in [1.807, 2.05) is 0 Å². The Morgan fingerprint density at radius 2 is 2.12 bits per heavy atom. The molecule has 136 valence electrons. The summed E-state index contributed by atoms with van der Waals surface area (Å²) >= 11 is 0. The topological polar surface area (TPSA) is 74.4 Å². The third-order valence-electron chi connectivity index (χ3n) is 5.66. The first-order valence-electron chi connectivity index (χ1n) is 9.55. The molecular weight excluding hydrogens is 316 g/mol. The lowest BCUT2D eigenvalue weighted by Gasteiger charge is -2.24. The molecule has 0 radical (unpaired) electrons. The molecule has 6 nitrogen and oxygen atoms in total. The monoisotopic (exact) mass is 344 g/mol. The third-order valence-corrected chi connectivity index (χ3v) is 5.66. The molecule has 1 aliphatic carbocycles. The second-order valence-corrected chi connectivity index (χ2v) is 7.31. The maximum Gasteiger partial charge on any atom is 0.223 e. The highest BCUT2D eigenvalue weighted by molar-refractivity contribution is 5.79. The molecule has 1 aromatic carbocycles. The number of fused-ring (bicyclic) bond motifs is 1. The van der Waals surface area contributed by atoms with Crippen molar-refractivity contribution in [1.29, 1.82) is 0 Å². The smallest absolute Gasteiger partial charge is 0.223 e. The largest absolute Gasteiger partial charge is 0.349 e. The average molecular weight is 344 g/mol. The molecule has 3 atom stereocenters. The lowest BCUT2D eigenvalue weighted by molar-refractivity contribution is -0.126. The van der Waals surface area contributed by atoms with Crippen LogP contribution in [0.15, 0.2) is 18.2 Å². The van der Waals surface area contributed by atoms with Crippen LogP contribution in [0.25, 0.3) is 0 Å². The zero-order chi connectivity index (χ0) is 17.2. The number of aryl methyl sites for hydroxylation is 1. The summed E-state index contributed by atoms with van der Waals surface area (Å²) in [5.41, 5.74) is 6.88. The standard InChI is InChI=1S/C19H28N4O2/c1-2-17-22-18(23-25-17)14-3-5-15-13(11-14)4-6-16(15)21-19(24)12-7-9-20-10-8-12/h3,5,11-12,16-18,20,22-23H,2,4,6-10H2,1H3,(H,21,24)/t16-,17?,18?/m1/s1. The highest BCUT2D eigenvalue weighted by atomic mass is 16.7. The minimum Gasteiger partial charge on any atom is -0.349 e. The minimum atomic E-state index is 0.0404. The van der Waals surface area contributed by atoms with E-state index in [0.717, 1.165) is 45.2 Å². The number of hydroxylamine groups is 1. The van der Waals surface area contributed by atoms with Gasteiger partial charge in [-0.25, -0.2) is 0 Å². The predicted octanol–water partition coefficient (Wildman–Crippen LogP) is 1.65. The number of nitrogens with one attached hydrogen (secondary N) is 4. The maximum absolute atomic E-state index is 12.5. The Balaban J connectivity index is 1.41. The highest BCUT2D eigenvalue weighted by Crippen LogP contribution is 2.33. The molecule has 6 heteroatoms. The van der Waals surface area contributed by atoms with Crippen LogP contribution in [0.3, 0.4) is 0 Å². The van der Waals surface area contributed by atoms with Crippen LogP contribution in [-0.4, -0.2) is 25.2 Å². The summed E-state index contributed by atoms with van der Waals surface area (Å²) in [6.07, 6.45) is 4.94. The van der Waals surface area contributed by atoms with Gasteiger partial charge in [-0.3, -0.25) is 14.9 Å². The molecule has 2 aliphatic heterocycles. The van der Waals surface area contributed by atoms with Gasteiger partial charge in [-0.05, 0) is 61.9 Å². The van der Waals surface area contributed by atoms with Crippen molar-refractivity contribution >= 4 is 5.91 Å². The maximum atomic E-state index is 12.5. The number of carbonyl (C=O) groups is 1. The summed E-state index contributed by atoms with van der Waals surface area (Å²) in [6, 6.07) is 6.72. The predicted molar refractivity (Wildman–Crippen MR) is 95.4 cm³/mol. The van der Waals surface area contributed by atoms with E-state index in [9.17, 15) is 4.79 Å². The van der Waals surface area contributed by atoms with E-state index >= 15 is 0 Å². The number of amides is 1. The molecular formula is C19H28N4O2. The van der Waals surface area contributed by atoms with Crippen molar-refractivity contribution in [2.75, 3.05) is 13.1 Å².